The van der Waals surface area contributed by atoms with Gasteiger partial charge in [-0.15, -0.1) is 0 Å². The number of aliphatic hydroxyl groups excluding tert-OH is 1. The van der Waals surface area contributed by atoms with Crippen molar-refractivity contribution >= 4 is 17.7 Å². The van der Waals surface area contributed by atoms with Crippen LogP contribution in [0, 0.1) is 0 Å². The van der Waals surface area contributed by atoms with Crippen molar-refractivity contribution in [3.63, 3.8) is 0 Å². The predicted molar refractivity (Wildman–Crippen MR) is 57.5 cm³/mol. The molecule has 1 aromatic carbocycles. The van der Waals surface area contributed by atoms with Gasteiger partial charge in [0.1, 0.15) is 0 Å². The maximum absolute atomic E-state index is 11.8. The lowest BCUT2D eigenvalue weighted by Gasteiger charge is -2.16. The van der Waals surface area contributed by atoms with E-state index in [0.717, 1.165) is 0 Å². The van der Waals surface area contributed by atoms with Gasteiger partial charge in [0, 0.05) is 12.8 Å². The zero-order valence-electron chi connectivity index (χ0n) is 9.00. The molecule has 0 radical (unpaired) electrons. The monoisotopic (exact) mass is 233 g/mol. The maximum Gasteiger partial charge on any atom is 0.269 e. The molecule has 0 saturated carbocycles. The Morgan fingerprint density at radius 3 is 2.18 bits per heavy atom. The standard InChI is InChI=1S/C12H11NO4/c14-9-6-7-10(15)13(9)12(17)11(16)8-4-2-1-3-5-8/h1-5,11,16H,6-7H2/t11-/m1/s1. The summed E-state index contributed by atoms with van der Waals surface area (Å²) in [4.78, 5) is 35.0. The minimum absolute atomic E-state index is 0.0338. The Morgan fingerprint density at radius 1 is 1.12 bits per heavy atom. The molecule has 0 aliphatic carbocycles. The largest absolute Gasteiger partial charge is 0.378 e. The van der Waals surface area contributed by atoms with Crippen LogP contribution in [0.3, 0.4) is 0 Å². The summed E-state index contributed by atoms with van der Waals surface area (Å²) in [5, 5.41) is 9.79. The van der Waals surface area contributed by atoms with E-state index in [9.17, 15) is 19.5 Å². The fraction of sp³-hybridized carbons (Fsp3) is 0.250. The third-order valence-corrected chi connectivity index (χ3v) is 2.62. The highest BCUT2D eigenvalue weighted by atomic mass is 16.3. The summed E-state index contributed by atoms with van der Waals surface area (Å²) in [7, 11) is 0. The summed E-state index contributed by atoms with van der Waals surface area (Å²) >= 11 is 0. The Morgan fingerprint density at radius 2 is 1.65 bits per heavy atom. The fourth-order valence-electron chi connectivity index (χ4n) is 1.72. The first kappa shape index (κ1) is 11.5. The van der Waals surface area contributed by atoms with E-state index in [-0.39, 0.29) is 12.8 Å². The third-order valence-electron chi connectivity index (χ3n) is 2.62. The molecule has 0 spiro atoms. The van der Waals surface area contributed by atoms with Crippen LogP contribution < -0.4 is 0 Å². The van der Waals surface area contributed by atoms with Gasteiger partial charge in [0.15, 0.2) is 6.10 Å². The van der Waals surface area contributed by atoms with Gasteiger partial charge in [0.2, 0.25) is 11.8 Å². The van der Waals surface area contributed by atoms with E-state index >= 15 is 0 Å². The lowest BCUT2D eigenvalue weighted by molar-refractivity contribution is -0.154. The molecule has 0 unspecified atom stereocenters. The summed E-state index contributed by atoms with van der Waals surface area (Å²) in [5.41, 5.74) is 0.366. The van der Waals surface area contributed by atoms with Crippen molar-refractivity contribution in [2.45, 2.75) is 18.9 Å². The van der Waals surface area contributed by atoms with Gasteiger partial charge >= 0.3 is 0 Å². The van der Waals surface area contributed by atoms with Gasteiger partial charge < -0.3 is 5.11 Å². The van der Waals surface area contributed by atoms with Crippen LogP contribution in [0.2, 0.25) is 0 Å². The van der Waals surface area contributed by atoms with Crippen molar-refractivity contribution in [1.82, 2.24) is 4.90 Å². The quantitative estimate of drug-likeness (QED) is 0.750. The zero-order valence-corrected chi connectivity index (χ0v) is 9.00. The van der Waals surface area contributed by atoms with Crippen molar-refractivity contribution in [3.05, 3.63) is 35.9 Å². The number of rotatable bonds is 2. The summed E-state index contributed by atoms with van der Waals surface area (Å²) < 4.78 is 0. The van der Waals surface area contributed by atoms with E-state index in [0.29, 0.717) is 10.5 Å². The number of carbonyl (C=O) groups excluding carboxylic acids is 3. The molecular formula is C12H11NO4. The topological polar surface area (TPSA) is 74.7 Å². The Kier molecular flexibility index (Phi) is 3.01. The second-order valence-corrected chi connectivity index (χ2v) is 3.77. The summed E-state index contributed by atoms with van der Waals surface area (Å²) in [5.74, 6) is -1.96. The highest BCUT2D eigenvalue weighted by Crippen LogP contribution is 2.20. The summed E-state index contributed by atoms with van der Waals surface area (Å²) in [6, 6.07) is 8.20. The molecule has 3 amide bonds. The fourth-order valence-corrected chi connectivity index (χ4v) is 1.72. The van der Waals surface area contributed by atoms with Gasteiger partial charge in [-0.1, -0.05) is 30.3 Å². The van der Waals surface area contributed by atoms with Crippen LogP contribution >= 0.6 is 0 Å². The van der Waals surface area contributed by atoms with Crippen molar-refractivity contribution in [1.29, 1.82) is 0 Å². The molecule has 88 valence electrons. The molecule has 1 heterocycles. The SMILES string of the molecule is O=C1CCC(=O)N1C(=O)[C@H](O)c1ccccc1. The average Bonchev–Trinajstić information content (AvgIpc) is 2.68. The minimum atomic E-state index is -1.47. The van der Waals surface area contributed by atoms with Crippen molar-refractivity contribution in [2.75, 3.05) is 0 Å². The molecule has 1 atom stereocenters. The molecule has 1 aliphatic rings. The molecule has 1 N–H and O–H groups in total. The van der Waals surface area contributed by atoms with Crippen LogP contribution in [-0.2, 0) is 14.4 Å². The lowest BCUT2D eigenvalue weighted by Crippen LogP contribution is -2.39. The van der Waals surface area contributed by atoms with Crippen molar-refractivity contribution in [3.8, 4) is 0 Å². The van der Waals surface area contributed by atoms with Crippen LogP contribution in [0.4, 0.5) is 0 Å². The molecular weight excluding hydrogens is 222 g/mol. The van der Waals surface area contributed by atoms with Gasteiger partial charge in [-0.25, -0.2) is 4.90 Å². The number of likely N-dealkylation sites (tertiary alicyclic amines) is 1. The maximum atomic E-state index is 11.8. The first-order valence-corrected chi connectivity index (χ1v) is 5.24. The number of imide groups is 3. The Balaban J connectivity index is 2.21. The Hall–Kier alpha value is -2.01. The van der Waals surface area contributed by atoms with Crippen LogP contribution in [0.15, 0.2) is 30.3 Å². The van der Waals surface area contributed by atoms with Gasteiger partial charge in [0.25, 0.3) is 5.91 Å². The summed E-state index contributed by atoms with van der Waals surface area (Å²) in [6.07, 6.45) is -1.40. The number of carbonyl (C=O) groups is 3. The summed E-state index contributed by atoms with van der Waals surface area (Å²) in [6.45, 7) is 0. The van der Waals surface area contributed by atoms with Crippen molar-refractivity contribution < 1.29 is 19.5 Å². The Bertz CT molecular complexity index is 453. The third kappa shape index (κ3) is 2.09. The first-order chi connectivity index (χ1) is 8.11. The number of aliphatic hydroxyl groups is 1. The highest BCUT2D eigenvalue weighted by molar-refractivity contribution is 6.16. The number of hydrogen-bond donors (Lipinski definition) is 1. The smallest absolute Gasteiger partial charge is 0.269 e. The van der Waals surface area contributed by atoms with E-state index in [2.05, 4.69) is 0 Å². The minimum Gasteiger partial charge on any atom is -0.378 e. The van der Waals surface area contributed by atoms with E-state index in [1.807, 2.05) is 0 Å². The second-order valence-electron chi connectivity index (χ2n) is 3.77. The molecule has 17 heavy (non-hydrogen) atoms. The van der Waals surface area contributed by atoms with Crippen LogP contribution in [0.1, 0.15) is 24.5 Å². The van der Waals surface area contributed by atoms with Gasteiger partial charge in [-0.05, 0) is 5.56 Å². The molecule has 2 rings (SSSR count). The molecule has 0 bridgehead atoms. The molecule has 1 aliphatic heterocycles. The molecule has 5 heteroatoms. The molecule has 1 aromatic rings. The molecule has 0 aromatic heterocycles. The average molecular weight is 233 g/mol. The van der Waals surface area contributed by atoms with E-state index in [1.165, 1.54) is 0 Å². The number of nitrogens with zero attached hydrogens (tertiary/aromatic N) is 1. The Labute approximate surface area is 97.7 Å². The number of hydrogen-bond acceptors (Lipinski definition) is 4. The van der Waals surface area contributed by atoms with Crippen molar-refractivity contribution in [2.24, 2.45) is 0 Å². The van der Waals surface area contributed by atoms with Gasteiger partial charge in [-0.3, -0.25) is 14.4 Å². The molecule has 5 nitrogen and oxygen atoms in total. The molecule has 1 saturated heterocycles. The van der Waals surface area contributed by atoms with Crippen LogP contribution in [0.25, 0.3) is 0 Å². The highest BCUT2D eigenvalue weighted by Gasteiger charge is 2.37. The first-order valence-electron chi connectivity index (χ1n) is 5.24. The van der Waals surface area contributed by atoms with Crippen LogP contribution in [0.5, 0.6) is 0 Å². The number of benzene rings is 1. The zero-order chi connectivity index (χ0) is 12.4. The lowest BCUT2D eigenvalue weighted by atomic mass is 10.1. The normalized spacial score (nSPS) is 17.4. The predicted octanol–water partition coefficient (Wildman–Crippen LogP) is 0.396. The number of amides is 3. The van der Waals surface area contributed by atoms with Gasteiger partial charge in [0.05, 0.1) is 0 Å². The van der Waals surface area contributed by atoms with Gasteiger partial charge in [-0.2, -0.15) is 0 Å². The van der Waals surface area contributed by atoms with E-state index in [4.69, 9.17) is 0 Å². The molecule has 1 fully saturated rings. The van der Waals surface area contributed by atoms with E-state index < -0.39 is 23.8 Å². The van der Waals surface area contributed by atoms with E-state index in [1.54, 1.807) is 30.3 Å². The van der Waals surface area contributed by atoms with Crippen LogP contribution in [-0.4, -0.2) is 27.7 Å². The second kappa shape index (κ2) is 4.47.